The molecule has 2 unspecified atom stereocenters. The summed E-state index contributed by atoms with van der Waals surface area (Å²) in [6, 6.07) is 4.06. The second-order valence-corrected chi connectivity index (χ2v) is 5.21. The molecule has 0 spiro atoms. The molecule has 120 valence electrons. The van der Waals surface area contributed by atoms with Crippen molar-refractivity contribution in [1.82, 2.24) is 5.32 Å². The molecule has 0 saturated heterocycles. The van der Waals surface area contributed by atoms with E-state index in [0.717, 1.165) is 18.5 Å². The summed E-state index contributed by atoms with van der Waals surface area (Å²) < 4.78 is 16.1. The van der Waals surface area contributed by atoms with Crippen LogP contribution >= 0.6 is 0 Å². The Bertz CT molecular complexity index is 411. The van der Waals surface area contributed by atoms with Crippen LogP contribution in [0.4, 0.5) is 0 Å². The molecule has 0 aliphatic heterocycles. The zero-order valence-electron chi connectivity index (χ0n) is 13.6. The van der Waals surface area contributed by atoms with Crippen LogP contribution in [0.5, 0.6) is 17.2 Å². The van der Waals surface area contributed by atoms with Crippen LogP contribution < -0.4 is 19.5 Å². The van der Waals surface area contributed by atoms with Crippen molar-refractivity contribution in [3.05, 3.63) is 17.7 Å². The van der Waals surface area contributed by atoms with Crippen molar-refractivity contribution in [2.45, 2.75) is 26.3 Å². The van der Waals surface area contributed by atoms with E-state index in [1.807, 2.05) is 12.1 Å². The third-order valence-corrected chi connectivity index (χ3v) is 3.58. The van der Waals surface area contributed by atoms with Crippen LogP contribution in [0.25, 0.3) is 0 Å². The predicted molar refractivity (Wildman–Crippen MR) is 83.4 cm³/mol. The van der Waals surface area contributed by atoms with Crippen molar-refractivity contribution >= 4 is 0 Å². The SMILES string of the molecule is COc1cc(C(C)NCC(C)CCO)cc(OC)c1OC. The van der Waals surface area contributed by atoms with Crippen molar-refractivity contribution < 1.29 is 19.3 Å². The lowest BCUT2D eigenvalue weighted by Gasteiger charge is -2.20. The number of rotatable bonds is 9. The van der Waals surface area contributed by atoms with Gasteiger partial charge in [-0.05, 0) is 43.5 Å². The first-order valence-electron chi connectivity index (χ1n) is 7.21. The summed E-state index contributed by atoms with van der Waals surface area (Å²) in [7, 11) is 4.82. The van der Waals surface area contributed by atoms with Gasteiger partial charge in [0.1, 0.15) is 0 Å². The van der Waals surface area contributed by atoms with E-state index in [2.05, 4.69) is 19.2 Å². The number of aliphatic hydroxyl groups excluding tert-OH is 1. The average molecular weight is 297 g/mol. The number of ether oxygens (including phenoxy) is 3. The Morgan fingerprint density at radius 3 is 2.05 bits per heavy atom. The van der Waals surface area contributed by atoms with Crippen molar-refractivity contribution in [3.8, 4) is 17.2 Å². The Balaban J connectivity index is 2.86. The van der Waals surface area contributed by atoms with Gasteiger partial charge in [-0.25, -0.2) is 0 Å². The third kappa shape index (κ3) is 4.79. The van der Waals surface area contributed by atoms with Gasteiger partial charge >= 0.3 is 0 Å². The van der Waals surface area contributed by atoms with Crippen LogP contribution in [-0.2, 0) is 0 Å². The Labute approximate surface area is 127 Å². The number of benzene rings is 1. The summed E-state index contributed by atoms with van der Waals surface area (Å²) >= 11 is 0. The minimum Gasteiger partial charge on any atom is -0.493 e. The largest absolute Gasteiger partial charge is 0.493 e. The Morgan fingerprint density at radius 2 is 1.62 bits per heavy atom. The maximum Gasteiger partial charge on any atom is 0.203 e. The molecule has 1 aromatic rings. The number of aliphatic hydroxyl groups is 1. The number of nitrogens with one attached hydrogen (secondary N) is 1. The fourth-order valence-electron chi connectivity index (χ4n) is 2.17. The molecule has 0 aromatic heterocycles. The van der Waals surface area contributed by atoms with Crippen molar-refractivity contribution in [3.63, 3.8) is 0 Å². The molecule has 0 aliphatic rings. The highest BCUT2D eigenvalue weighted by Gasteiger charge is 2.16. The molecular weight excluding hydrogens is 270 g/mol. The summed E-state index contributed by atoms with van der Waals surface area (Å²) in [5.41, 5.74) is 1.07. The zero-order chi connectivity index (χ0) is 15.8. The second kappa shape index (κ2) is 8.74. The van der Waals surface area contributed by atoms with Gasteiger partial charge in [0.05, 0.1) is 21.3 Å². The lowest BCUT2D eigenvalue weighted by molar-refractivity contribution is 0.258. The summed E-state index contributed by atoms with van der Waals surface area (Å²) in [5.74, 6) is 2.34. The lowest BCUT2D eigenvalue weighted by Crippen LogP contribution is -2.25. The average Bonchev–Trinajstić information content (AvgIpc) is 2.51. The topological polar surface area (TPSA) is 60.0 Å². The summed E-state index contributed by atoms with van der Waals surface area (Å²) in [5, 5.41) is 12.4. The maximum atomic E-state index is 8.94. The quantitative estimate of drug-likeness (QED) is 0.733. The number of methoxy groups -OCH3 is 3. The number of hydrogen-bond acceptors (Lipinski definition) is 5. The standard InChI is InChI=1S/C16H27NO4/c1-11(6-7-18)10-17-12(2)13-8-14(19-3)16(21-5)15(9-13)20-4/h8-9,11-12,17-18H,6-7,10H2,1-5H3. The Hall–Kier alpha value is -1.46. The van der Waals surface area contributed by atoms with Crippen LogP contribution in [-0.4, -0.2) is 39.6 Å². The van der Waals surface area contributed by atoms with Gasteiger partial charge < -0.3 is 24.6 Å². The van der Waals surface area contributed by atoms with Crippen molar-refractivity contribution in [2.75, 3.05) is 34.5 Å². The third-order valence-electron chi connectivity index (χ3n) is 3.58. The molecule has 5 nitrogen and oxygen atoms in total. The first-order chi connectivity index (χ1) is 10.1. The Kier molecular flexibility index (Phi) is 7.32. The molecule has 21 heavy (non-hydrogen) atoms. The lowest BCUT2D eigenvalue weighted by atomic mass is 10.0. The van der Waals surface area contributed by atoms with E-state index in [0.29, 0.717) is 23.2 Å². The maximum absolute atomic E-state index is 8.94. The molecule has 0 bridgehead atoms. The normalized spacial score (nSPS) is 13.6. The molecule has 0 aliphatic carbocycles. The fraction of sp³-hybridized carbons (Fsp3) is 0.625. The van der Waals surface area contributed by atoms with Crippen LogP contribution in [0.3, 0.4) is 0 Å². The fourth-order valence-corrected chi connectivity index (χ4v) is 2.17. The van der Waals surface area contributed by atoms with Gasteiger partial charge in [0.2, 0.25) is 5.75 Å². The van der Waals surface area contributed by atoms with E-state index in [9.17, 15) is 0 Å². The van der Waals surface area contributed by atoms with E-state index in [1.54, 1.807) is 21.3 Å². The monoisotopic (exact) mass is 297 g/mol. The van der Waals surface area contributed by atoms with Gasteiger partial charge in [-0.2, -0.15) is 0 Å². The van der Waals surface area contributed by atoms with Crippen LogP contribution in [0.2, 0.25) is 0 Å². The highest BCUT2D eigenvalue weighted by atomic mass is 16.5. The zero-order valence-corrected chi connectivity index (χ0v) is 13.6. The minimum absolute atomic E-state index is 0.153. The summed E-state index contributed by atoms with van der Waals surface area (Å²) in [4.78, 5) is 0. The summed E-state index contributed by atoms with van der Waals surface area (Å²) in [6.45, 7) is 5.28. The molecule has 2 N–H and O–H groups in total. The van der Waals surface area contributed by atoms with Gasteiger partial charge in [0.15, 0.2) is 11.5 Å². The highest BCUT2D eigenvalue weighted by Crippen LogP contribution is 2.39. The van der Waals surface area contributed by atoms with Gasteiger partial charge in [0.25, 0.3) is 0 Å². The number of hydrogen-bond donors (Lipinski definition) is 2. The molecule has 0 heterocycles. The van der Waals surface area contributed by atoms with Gasteiger partial charge in [-0.15, -0.1) is 0 Å². The van der Waals surface area contributed by atoms with Crippen LogP contribution in [0, 0.1) is 5.92 Å². The molecule has 0 fully saturated rings. The van der Waals surface area contributed by atoms with Gasteiger partial charge in [-0.1, -0.05) is 6.92 Å². The van der Waals surface area contributed by atoms with Crippen molar-refractivity contribution in [2.24, 2.45) is 5.92 Å². The van der Waals surface area contributed by atoms with E-state index in [-0.39, 0.29) is 12.6 Å². The van der Waals surface area contributed by atoms with Gasteiger partial charge in [0, 0.05) is 12.6 Å². The van der Waals surface area contributed by atoms with E-state index in [4.69, 9.17) is 19.3 Å². The summed E-state index contributed by atoms with van der Waals surface area (Å²) in [6.07, 6.45) is 0.801. The highest BCUT2D eigenvalue weighted by molar-refractivity contribution is 5.54. The molecule has 2 atom stereocenters. The van der Waals surface area contributed by atoms with Crippen molar-refractivity contribution in [1.29, 1.82) is 0 Å². The first kappa shape index (κ1) is 17.6. The first-order valence-corrected chi connectivity index (χ1v) is 7.21. The molecule has 0 saturated carbocycles. The molecular formula is C16H27NO4. The van der Waals surface area contributed by atoms with Crippen LogP contribution in [0.1, 0.15) is 31.9 Å². The second-order valence-electron chi connectivity index (χ2n) is 5.21. The molecule has 0 amide bonds. The Morgan fingerprint density at radius 1 is 1.05 bits per heavy atom. The predicted octanol–water partition coefficient (Wildman–Crippen LogP) is 2.38. The van der Waals surface area contributed by atoms with E-state index >= 15 is 0 Å². The van der Waals surface area contributed by atoms with Gasteiger partial charge in [-0.3, -0.25) is 0 Å². The van der Waals surface area contributed by atoms with E-state index in [1.165, 1.54) is 0 Å². The van der Waals surface area contributed by atoms with E-state index < -0.39 is 0 Å². The smallest absolute Gasteiger partial charge is 0.203 e. The molecule has 1 rings (SSSR count). The molecule has 1 aromatic carbocycles. The minimum atomic E-state index is 0.153. The molecule has 5 heteroatoms. The van der Waals surface area contributed by atoms with Crippen LogP contribution in [0.15, 0.2) is 12.1 Å². The molecule has 0 radical (unpaired) electrons.